The molecule has 6 nitrogen and oxygen atoms in total. The Kier molecular flexibility index (Phi) is 2.32. The molecule has 2 rings (SSSR count). The molecule has 0 aliphatic carbocycles. The Morgan fingerprint density at radius 1 is 1.50 bits per heavy atom. The van der Waals surface area contributed by atoms with Gasteiger partial charge < -0.3 is 9.94 Å². The molecule has 0 aromatic carbocycles. The van der Waals surface area contributed by atoms with Gasteiger partial charge in [0.15, 0.2) is 0 Å². The van der Waals surface area contributed by atoms with E-state index in [0.29, 0.717) is 10.1 Å². The summed E-state index contributed by atoms with van der Waals surface area (Å²) in [7, 11) is 1.25. The molecule has 0 saturated carbocycles. The summed E-state index contributed by atoms with van der Waals surface area (Å²) in [5.74, 6) is -0.572. The molecule has 0 atom stereocenters. The van der Waals surface area contributed by atoms with Gasteiger partial charge in [-0.3, -0.25) is 4.79 Å². The summed E-state index contributed by atoms with van der Waals surface area (Å²) in [5.41, 5.74) is -0.200. The molecule has 0 radical (unpaired) electrons. The summed E-state index contributed by atoms with van der Waals surface area (Å²) >= 11 is 0. The SMILES string of the molecule is COC(=O)c1cc2ccc(=O)n(O)c2cn1. The second-order valence-electron chi connectivity index (χ2n) is 3.10. The number of hydrogen-bond acceptors (Lipinski definition) is 5. The number of carbonyl (C=O) groups is 1. The Bertz CT molecular complexity index is 618. The zero-order valence-corrected chi connectivity index (χ0v) is 8.38. The lowest BCUT2D eigenvalue weighted by atomic mass is 10.2. The Morgan fingerprint density at radius 2 is 2.25 bits per heavy atom. The van der Waals surface area contributed by atoms with E-state index in [-0.39, 0.29) is 11.2 Å². The van der Waals surface area contributed by atoms with E-state index in [1.807, 2.05) is 0 Å². The number of nitrogens with zero attached hydrogens (tertiary/aromatic N) is 2. The van der Waals surface area contributed by atoms with Crippen LogP contribution in [-0.2, 0) is 4.74 Å². The van der Waals surface area contributed by atoms with Gasteiger partial charge in [0, 0.05) is 11.5 Å². The van der Waals surface area contributed by atoms with Gasteiger partial charge in [-0.2, -0.15) is 0 Å². The van der Waals surface area contributed by atoms with Crippen molar-refractivity contribution in [3.63, 3.8) is 0 Å². The molecular weight excluding hydrogens is 212 g/mol. The van der Waals surface area contributed by atoms with Crippen LogP contribution in [0, 0.1) is 0 Å². The van der Waals surface area contributed by atoms with Crippen LogP contribution < -0.4 is 5.56 Å². The minimum absolute atomic E-state index is 0.119. The number of methoxy groups -OCH3 is 1. The highest BCUT2D eigenvalue weighted by atomic mass is 16.5. The summed E-state index contributed by atoms with van der Waals surface area (Å²) in [6.07, 6.45) is 1.24. The van der Waals surface area contributed by atoms with Crippen molar-refractivity contribution in [1.82, 2.24) is 9.71 Å². The van der Waals surface area contributed by atoms with E-state index in [9.17, 15) is 14.8 Å². The average molecular weight is 220 g/mol. The molecule has 0 aliphatic heterocycles. The van der Waals surface area contributed by atoms with Crippen molar-refractivity contribution in [3.8, 4) is 0 Å². The van der Waals surface area contributed by atoms with Gasteiger partial charge in [0.2, 0.25) is 0 Å². The van der Waals surface area contributed by atoms with Gasteiger partial charge in [0.1, 0.15) is 11.2 Å². The van der Waals surface area contributed by atoms with Gasteiger partial charge in [-0.1, -0.05) is 0 Å². The zero-order chi connectivity index (χ0) is 11.7. The molecule has 0 unspecified atom stereocenters. The number of ether oxygens (including phenoxy) is 1. The fourth-order valence-electron chi connectivity index (χ4n) is 1.34. The first-order valence-corrected chi connectivity index (χ1v) is 4.43. The lowest BCUT2D eigenvalue weighted by molar-refractivity contribution is 0.0594. The minimum Gasteiger partial charge on any atom is -0.464 e. The monoisotopic (exact) mass is 220 g/mol. The predicted octanol–water partition coefficient (Wildman–Crippen LogP) is 0.420. The number of rotatable bonds is 1. The maximum atomic E-state index is 11.2. The van der Waals surface area contributed by atoms with E-state index >= 15 is 0 Å². The quantitative estimate of drug-likeness (QED) is 0.556. The fraction of sp³-hybridized carbons (Fsp3) is 0.100. The van der Waals surface area contributed by atoms with E-state index in [4.69, 9.17) is 0 Å². The van der Waals surface area contributed by atoms with E-state index in [0.717, 1.165) is 0 Å². The molecule has 2 aromatic heterocycles. The second-order valence-corrected chi connectivity index (χ2v) is 3.10. The maximum absolute atomic E-state index is 11.2. The van der Waals surface area contributed by atoms with E-state index in [2.05, 4.69) is 9.72 Å². The van der Waals surface area contributed by atoms with Gasteiger partial charge in [-0.05, 0) is 12.1 Å². The third-order valence-corrected chi connectivity index (χ3v) is 2.15. The molecule has 82 valence electrons. The average Bonchev–Trinajstić information content (AvgIpc) is 2.32. The third-order valence-electron chi connectivity index (χ3n) is 2.15. The summed E-state index contributed by atoms with van der Waals surface area (Å²) in [5, 5.41) is 9.92. The van der Waals surface area contributed by atoms with Crippen LogP contribution in [0.5, 0.6) is 0 Å². The van der Waals surface area contributed by atoms with Crippen LogP contribution in [0.15, 0.2) is 29.2 Å². The molecule has 0 spiro atoms. The minimum atomic E-state index is -0.572. The van der Waals surface area contributed by atoms with E-state index in [1.54, 1.807) is 0 Å². The summed E-state index contributed by atoms with van der Waals surface area (Å²) in [4.78, 5) is 26.1. The number of fused-ring (bicyclic) bond motifs is 1. The highest BCUT2D eigenvalue weighted by Crippen LogP contribution is 2.11. The molecule has 0 saturated heterocycles. The van der Waals surface area contributed by atoms with Gasteiger partial charge >= 0.3 is 5.97 Å². The van der Waals surface area contributed by atoms with Crippen molar-refractivity contribution in [2.45, 2.75) is 0 Å². The zero-order valence-electron chi connectivity index (χ0n) is 8.38. The van der Waals surface area contributed by atoms with Crippen LogP contribution >= 0.6 is 0 Å². The molecule has 0 amide bonds. The Morgan fingerprint density at radius 3 is 2.94 bits per heavy atom. The van der Waals surface area contributed by atoms with Gasteiger partial charge in [0.25, 0.3) is 5.56 Å². The first-order chi connectivity index (χ1) is 7.63. The molecule has 1 N–H and O–H groups in total. The van der Waals surface area contributed by atoms with Crippen LogP contribution in [0.3, 0.4) is 0 Å². The molecule has 2 heterocycles. The van der Waals surface area contributed by atoms with Crippen LogP contribution in [0.25, 0.3) is 10.9 Å². The highest BCUT2D eigenvalue weighted by Gasteiger charge is 2.09. The molecule has 6 heteroatoms. The van der Waals surface area contributed by atoms with Crippen LogP contribution in [0.1, 0.15) is 10.5 Å². The summed E-state index contributed by atoms with van der Waals surface area (Å²) < 4.78 is 4.98. The van der Waals surface area contributed by atoms with Crippen molar-refractivity contribution in [2.24, 2.45) is 0 Å². The molecule has 0 fully saturated rings. The van der Waals surface area contributed by atoms with Gasteiger partial charge in [-0.25, -0.2) is 9.78 Å². The molecule has 2 aromatic rings. The summed E-state index contributed by atoms with van der Waals surface area (Å²) in [6.45, 7) is 0. The fourth-order valence-corrected chi connectivity index (χ4v) is 1.34. The van der Waals surface area contributed by atoms with Crippen LogP contribution in [0.4, 0.5) is 0 Å². The topological polar surface area (TPSA) is 81.4 Å². The standard InChI is InChI=1S/C10H8N2O4/c1-16-10(14)7-4-6-2-3-9(13)12(15)8(6)5-11-7/h2-5,15H,1H3. The van der Waals surface area contributed by atoms with Crippen LogP contribution in [0.2, 0.25) is 0 Å². The predicted molar refractivity (Wildman–Crippen MR) is 54.5 cm³/mol. The van der Waals surface area contributed by atoms with Gasteiger partial charge in [-0.15, -0.1) is 4.73 Å². The normalized spacial score (nSPS) is 10.3. The van der Waals surface area contributed by atoms with Crippen molar-refractivity contribution < 1.29 is 14.7 Å². The number of pyridine rings is 2. The van der Waals surface area contributed by atoms with Crippen molar-refractivity contribution in [2.75, 3.05) is 7.11 Å². The first kappa shape index (κ1) is 10.2. The number of hydrogen-bond donors (Lipinski definition) is 1. The lowest BCUT2D eigenvalue weighted by Crippen LogP contribution is -2.16. The Labute approximate surface area is 89.7 Å². The van der Waals surface area contributed by atoms with Crippen LogP contribution in [-0.4, -0.2) is 28.0 Å². The first-order valence-electron chi connectivity index (χ1n) is 4.43. The molecular formula is C10H8N2O4. The largest absolute Gasteiger partial charge is 0.464 e. The number of carbonyl (C=O) groups excluding carboxylic acids is 1. The van der Waals surface area contributed by atoms with Crippen molar-refractivity contribution in [1.29, 1.82) is 0 Å². The highest BCUT2D eigenvalue weighted by molar-refractivity contribution is 5.91. The lowest BCUT2D eigenvalue weighted by Gasteiger charge is -2.03. The smallest absolute Gasteiger partial charge is 0.356 e. The van der Waals surface area contributed by atoms with Crippen molar-refractivity contribution >= 4 is 16.9 Å². The molecule has 16 heavy (non-hydrogen) atoms. The van der Waals surface area contributed by atoms with Gasteiger partial charge in [0.05, 0.1) is 13.3 Å². The Balaban J connectivity index is 2.69. The molecule has 0 aliphatic rings. The van der Waals surface area contributed by atoms with E-state index in [1.165, 1.54) is 31.5 Å². The number of aromatic nitrogens is 2. The third kappa shape index (κ3) is 1.50. The second kappa shape index (κ2) is 3.65. The van der Waals surface area contributed by atoms with Crippen molar-refractivity contribution in [3.05, 3.63) is 40.4 Å². The van der Waals surface area contributed by atoms with E-state index < -0.39 is 11.5 Å². The maximum Gasteiger partial charge on any atom is 0.356 e. The summed E-state index contributed by atoms with van der Waals surface area (Å²) in [6, 6.07) is 4.13. The molecule has 0 bridgehead atoms. The Hall–Kier alpha value is -2.37. The number of esters is 1.